The molecule has 0 aliphatic heterocycles. The third-order valence-electron chi connectivity index (χ3n) is 1.23. The number of rotatable bonds is 2. The van der Waals surface area contributed by atoms with Gasteiger partial charge < -0.3 is 0 Å². The number of hydrogen-bond donors (Lipinski definition) is 0. The van der Waals surface area contributed by atoms with Crippen LogP contribution in [-0.2, 0) is 0 Å². The van der Waals surface area contributed by atoms with Crippen LogP contribution >= 0.6 is 0 Å². The van der Waals surface area contributed by atoms with Gasteiger partial charge in [0.25, 0.3) is 0 Å². The molecule has 0 unspecified atom stereocenters. The van der Waals surface area contributed by atoms with Crippen LogP contribution in [0.1, 0.15) is 26.7 Å². The molecule has 0 saturated carbocycles. The molecule has 0 saturated heterocycles. The molecule has 0 aromatic rings. The van der Waals surface area contributed by atoms with Crippen LogP contribution in [0.15, 0.2) is 11.6 Å². The number of allylic oxidation sites excluding steroid dienone is 2. The lowest BCUT2D eigenvalue weighted by Gasteiger charge is -2.08. The molecule has 0 nitrogen and oxygen atoms in total. The zero-order valence-corrected chi connectivity index (χ0v) is 6.13. The molecule has 0 aromatic carbocycles. The Kier molecular flexibility index (Phi) is 3.47. The van der Waals surface area contributed by atoms with E-state index in [0.29, 0.717) is 6.42 Å². The SMILES string of the molecule is C/C=C(\CCC)C(F)(F)F. The standard InChI is InChI=1S/C7H11F3/c1-3-5-6(4-2)7(8,9)10/h4H,3,5H2,1-2H3/b6-4+. The van der Waals surface area contributed by atoms with Crippen LogP contribution in [0.3, 0.4) is 0 Å². The zero-order valence-electron chi connectivity index (χ0n) is 6.13. The fraction of sp³-hybridized carbons (Fsp3) is 0.714. The highest BCUT2D eigenvalue weighted by Gasteiger charge is 2.31. The lowest BCUT2D eigenvalue weighted by atomic mass is 10.1. The van der Waals surface area contributed by atoms with Gasteiger partial charge in [0, 0.05) is 5.57 Å². The first-order chi connectivity index (χ1) is 4.52. The van der Waals surface area contributed by atoms with E-state index in [0.717, 1.165) is 6.08 Å². The van der Waals surface area contributed by atoms with Crippen molar-refractivity contribution in [3.05, 3.63) is 11.6 Å². The highest BCUT2D eigenvalue weighted by atomic mass is 19.4. The molecule has 0 radical (unpaired) electrons. The van der Waals surface area contributed by atoms with E-state index in [-0.39, 0.29) is 6.42 Å². The van der Waals surface area contributed by atoms with Gasteiger partial charge in [-0.25, -0.2) is 0 Å². The molecule has 0 aromatic heterocycles. The lowest BCUT2D eigenvalue weighted by Crippen LogP contribution is -2.11. The van der Waals surface area contributed by atoms with E-state index < -0.39 is 11.7 Å². The second-order valence-corrected chi connectivity index (χ2v) is 2.06. The lowest BCUT2D eigenvalue weighted by molar-refractivity contribution is -0.0941. The van der Waals surface area contributed by atoms with E-state index in [2.05, 4.69) is 0 Å². The Bertz CT molecular complexity index is 121. The largest absolute Gasteiger partial charge is 0.412 e. The first kappa shape index (κ1) is 9.53. The van der Waals surface area contributed by atoms with Gasteiger partial charge in [-0.1, -0.05) is 19.4 Å². The van der Waals surface area contributed by atoms with Crippen molar-refractivity contribution in [2.24, 2.45) is 0 Å². The van der Waals surface area contributed by atoms with Crippen LogP contribution in [0, 0.1) is 0 Å². The number of hydrogen-bond acceptors (Lipinski definition) is 0. The Hall–Kier alpha value is -0.470. The Labute approximate surface area is 58.7 Å². The fourth-order valence-electron chi connectivity index (χ4n) is 0.719. The average molecular weight is 152 g/mol. The van der Waals surface area contributed by atoms with Crippen molar-refractivity contribution in [2.45, 2.75) is 32.9 Å². The van der Waals surface area contributed by atoms with Gasteiger partial charge in [-0.2, -0.15) is 13.2 Å². The highest BCUT2D eigenvalue weighted by molar-refractivity contribution is 5.06. The van der Waals surface area contributed by atoms with E-state index in [4.69, 9.17) is 0 Å². The van der Waals surface area contributed by atoms with Crippen molar-refractivity contribution < 1.29 is 13.2 Å². The van der Waals surface area contributed by atoms with E-state index in [1.54, 1.807) is 6.92 Å². The smallest absolute Gasteiger partial charge is 0.166 e. The molecule has 0 aliphatic carbocycles. The Balaban J connectivity index is 4.10. The summed E-state index contributed by atoms with van der Waals surface area (Å²) in [5.41, 5.74) is -0.421. The first-order valence-electron chi connectivity index (χ1n) is 3.24. The van der Waals surface area contributed by atoms with Crippen molar-refractivity contribution >= 4 is 0 Å². The Morgan fingerprint density at radius 2 is 1.90 bits per heavy atom. The van der Waals surface area contributed by atoms with Crippen LogP contribution in [0.5, 0.6) is 0 Å². The topological polar surface area (TPSA) is 0 Å². The summed E-state index contributed by atoms with van der Waals surface area (Å²) in [6, 6.07) is 0. The summed E-state index contributed by atoms with van der Waals surface area (Å²) < 4.78 is 35.5. The number of halogens is 3. The second-order valence-electron chi connectivity index (χ2n) is 2.06. The third-order valence-corrected chi connectivity index (χ3v) is 1.23. The average Bonchev–Trinajstić information content (AvgIpc) is 1.80. The van der Waals surface area contributed by atoms with Gasteiger partial charge >= 0.3 is 6.18 Å². The van der Waals surface area contributed by atoms with Crippen LogP contribution in [0.4, 0.5) is 13.2 Å². The van der Waals surface area contributed by atoms with Gasteiger partial charge in [-0.3, -0.25) is 0 Å². The monoisotopic (exact) mass is 152 g/mol. The molecule has 0 bridgehead atoms. The summed E-state index contributed by atoms with van der Waals surface area (Å²) in [6.07, 6.45) is -2.33. The highest BCUT2D eigenvalue weighted by Crippen LogP contribution is 2.28. The maximum absolute atomic E-state index is 11.8. The molecule has 0 atom stereocenters. The molecule has 0 aliphatic rings. The summed E-state index contributed by atoms with van der Waals surface area (Å²) in [4.78, 5) is 0. The predicted molar refractivity (Wildman–Crippen MR) is 34.7 cm³/mol. The molecule has 10 heavy (non-hydrogen) atoms. The number of alkyl halides is 3. The maximum atomic E-state index is 11.8. The molecule has 0 spiro atoms. The molecule has 3 heteroatoms. The summed E-state index contributed by atoms with van der Waals surface area (Å²) >= 11 is 0. The molecule has 0 amide bonds. The molecule has 0 fully saturated rings. The van der Waals surface area contributed by atoms with E-state index in [9.17, 15) is 13.2 Å². The van der Waals surface area contributed by atoms with Crippen LogP contribution in [0.2, 0.25) is 0 Å². The van der Waals surface area contributed by atoms with Gasteiger partial charge in [0.05, 0.1) is 0 Å². The van der Waals surface area contributed by atoms with Crippen LogP contribution < -0.4 is 0 Å². The minimum absolute atomic E-state index is 0.125. The summed E-state index contributed by atoms with van der Waals surface area (Å²) in [6.45, 7) is 3.15. The minimum Gasteiger partial charge on any atom is -0.166 e. The normalized spacial score (nSPS) is 13.9. The summed E-state index contributed by atoms with van der Waals surface area (Å²) in [5, 5.41) is 0. The van der Waals surface area contributed by atoms with Gasteiger partial charge in [0.1, 0.15) is 0 Å². The maximum Gasteiger partial charge on any atom is 0.412 e. The fourth-order valence-corrected chi connectivity index (χ4v) is 0.719. The van der Waals surface area contributed by atoms with E-state index in [1.165, 1.54) is 6.92 Å². The predicted octanol–water partition coefficient (Wildman–Crippen LogP) is 3.30. The third kappa shape index (κ3) is 2.90. The molecular weight excluding hydrogens is 141 g/mol. The molecular formula is C7H11F3. The van der Waals surface area contributed by atoms with Crippen LogP contribution in [-0.4, -0.2) is 6.18 Å². The molecule has 0 N–H and O–H groups in total. The van der Waals surface area contributed by atoms with Crippen molar-refractivity contribution in [1.82, 2.24) is 0 Å². The van der Waals surface area contributed by atoms with E-state index in [1.807, 2.05) is 0 Å². The molecule has 0 rings (SSSR count). The van der Waals surface area contributed by atoms with Gasteiger partial charge in [-0.15, -0.1) is 0 Å². The van der Waals surface area contributed by atoms with Crippen molar-refractivity contribution in [3.8, 4) is 0 Å². The Morgan fingerprint density at radius 3 is 2.00 bits per heavy atom. The summed E-state index contributed by atoms with van der Waals surface area (Å²) in [7, 11) is 0. The van der Waals surface area contributed by atoms with Crippen LogP contribution in [0.25, 0.3) is 0 Å². The van der Waals surface area contributed by atoms with Crippen molar-refractivity contribution in [2.75, 3.05) is 0 Å². The van der Waals surface area contributed by atoms with Crippen molar-refractivity contribution in [3.63, 3.8) is 0 Å². The van der Waals surface area contributed by atoms with Gasteiger partial charge in [-0.05, 0) is 13.3 Å². The zero-order chi connectivity index (χ0) is 8.20. The first-order valence-corrected chi connectivity index (χ1v) is 3.24. The summed E-state index contributed by atoms with van der Waals surface area (Å²) in [5.74, 6) is 0. The second kappa shape index (κ2) is 3.64. The quantitative estimate of drug-likeness (QED) is 0.532. The Morgan fingerprint density at radius 1 is 1.40 bits per heavy atom. The van der Waals surface area contributed by atoms with E-state index >= 15 is 0 Å². The van der Waals surface area contributed by atoms with Gasteiger partial charge in [0.2, 0.25) is 0 Å². The molecule has 0 heterocycles. The van der Waals surface area contributed by atoms with Gasteiger partial charge in [0.15, 0.2) is 0 Å². The minimum atomic E-state index is -4.12. The van der Waals surface area contributed by atoms with Crippen molar-refractivity contribution in [1.29, 1.82) is 0 Å². The molecule has 60 valence electrons.